The summed E-state index contributed by atoms with van der Waals surface area (Å²) in [4.78, 5) is 0. The summed E-state index contributed by atoms with van der Waals surface area (Å²) < 4.78 is 22.5. The molecule has 124 valence electrons. The highest BCUT2D eigenvalue weighted by Crippen LogP contribution is 2.60. The summed E-state index contributed by atoms with van der Waals surface area (Å²) in [5.74, 6) is 5.32. The second kappa shape index (κ2) is 5.73. The average Bonchev–Trinajstić information content (AvgIpc) is 3.42. The summed E-state index contributed by atoms with van der Waals surface area (Å²) in [6, 6.07) is 0. The zero-order valence-corrected chi connectivity index (χ0v) is 13.3. The van der Waals surface area contributed by atoms with Crippen LogP contribution in [-0.2, 0) is 18.9 Å². The molecule has 0 amide bonds. The van der Waals surface area contributed by atoms with Crippen LogP contribution >= 0.6 is 0 Å². The Balaban J connectivity index is 1.20. The van der Waals surface area contributed by atoms with Crippen molar-refractivity contribution >= 4 is 0 Å². The van der Waals surface area contributed by atoms with Crippen LogP contribution < -0.4 is 0 Å². The molecule has 3 saturated carbocycles. The predicted octanol–water partition coefficient (Wildman–Crippen LogP) is 2.12. The molecular formula is C18H28O4. The van der Waals surface area contributed by atoms with Crippen LogP contribution in [0.25, 0.3) is 0 Å². The van der Waals surface area contributed by atoms with Crippen LogP contribution in [0.1, 0.15) is 25.7 Å². The first-order valence-electron chi connectivity index (χ1n) is 9.25. The highest BCUT2D eigenvalue weighted by molar-refractivity contribution is 5.03. The summed E-state index contributed by atoms with van der Waals surface area (Å²) in [6.45, 7) is 5.22. The number of hydrogen-bond donors (Lipinski definition) is 0. The fraction of sp³-hybridized carbons (Fsp3) is 1.00. The Morgan fingerprint density at radius 2 is 1.41 bits per heavy atom. The zero-order chi connectivity index (χ0) is 14.5. The Labute approximate surface area is 132 Å². The molecule has 5 fully saturated rings. The molecule has 2 bridgehead atoms. The van der Waals surface area contributed by atoms with Crippen LogP contribution in [0, 0.1) is 35.5 Å². The fourth-order valence-electron chi connectivity index (χ4n) is 5.70. The van der Waals surface area contributed by atoms with E-state index in [1.54, 1.807) is 0 Å². The highest BCUT2D eigenvalue weighted by Gasteiger charge is 2.54. The molecule has 2 aliphatic heterocycles. The van der Waals surface area contributed by atoms with Crippen molar-refractivity contribution in [1.29, 1.82) is 0 Å². The van der Waals surface area contributed by atoms with Crippen molar-refractivity contribution in [2.45, 2.75) is 37.9 Å². The van der Waals surface area contributed by atoms with Crippen molar-refractivity contribution in [3.8, 4) is 0 Å². The van der Waals surface area contributed by atoms with E-state index in [0.717, 1.165) is 63.3 Å². The molecule has 4 heteroatoms. The van der Waals surface area contributed by atoms with Crippen LogP contribution in [0.4, 0.5) is 0 Å². The van der Waals surface area contributed by atoms with Gasteiger partial charge >= 0.3 is 0 Å². The summed E-state index contributed by atoms with van der Waals surface area (Å²) in [6.07, 6.45) is 6.60. The summed E-state index contributed by atoms with van der Waals surface area (Å²) in [7, 11) is 0. The smallest absolute Gasteiger partial charge is 0.104 e. The second-order valence-corrected chi connectivity index (χ2v) is 8.31. The lowest BCUT2D eigenvalue weighted by Gasteiger charge is -2.45. The maximum absolute atomic E-state index is 6.02. The first-order valence-corrected chi connectivity index (χ1v) is 9.25. The van der Waals surface area contributed by atoms with Gasteiger partial charge in [-0.25, -0.2) is 0 Å². The molecular weight excluding hydrogens is 280 g/mol. The third-order valence-corrected chi connectivity index (χ3v) is 6.82. The Hall–Kier alpha value is -0.160. The van der Waals surface area contributed by atoms with Gasteiger partial charge in [-0.05, 0) is 61.2 Å². The molecule has 3 aliphatic carbocycles. The van der Waals surface area contributed by atoms with E-state index >= 15 is 0 Å². The van der Waals surface area contributed by atoms with E-state index in [9.17, 15) is 0 Å². The first-order chi connectivity index (χ1) is 10.9. The van der Waals surface area contributed by atoms with Crippen molar-refractivity contribution in [3.63, 3.8) is 0 Å². The Kier molecular flexibility index (Phi) is 3.70. The lowest BCUT2D eigenvalue weighted by molar-refractivity contribution is -0.0528. The molecule has 0 N–H and O–H groups in total. The van der Waals surface area contributed by atoms with E-state index in [0.29, 0.717) is 24.0 Å². The maximum atomic E-state index is 6.02. The van der Waals surface area contributed by atoms with E-state index in [-0.39, 0.29) is 0 Å². The highest BCUT2D eigenvalue weighted by atomic mass is 16.6. The van der Waals surface area contributed by atoms with Gasteiger partial charge in [0.1, 0.15) is 12.2 Å². The summed E-state index contributed by atoms with van der Waals surface area (Å²) in [5, 5.41) is 0. The number of rotatable bonds is 8. The Bertz CT molecular complexity index is 404. The normalized spacial score (nSPS) is 51.3. The van der Waals surface area contributed by atoms with Gasteiger partial charge in [0.15, 0.2) is 0 Å². The molecule has 5 rings (SSSR count). The average molecular weight is 308 g/mol. The first kappa shape index (κ1) is 14.2. The van der Waals surface area contributed by atoms with E-state index in [2.05, 4.69) is 0 Å². The predicted molar refractivity (Wildman–Crippen MR) is 80.5 cm³/mol. The molecule has 5 aliphatic rings. The topological polar surface area (TPSA) is 43.5 Å². The van der Waals surface area contributed by atoms with Gasteiger partial charge in [-0.2, -0.15) is 0 Å². The van der Waals surface area contributed by atoms with Crippen molar-refractivity contribution in [3.05, 3.63) is 0 Å². The minimum atomic E-state index is 0.387. The molecule has 4 nitrogen and oxygen atoms in total. The monoisotopic (exact) mass is 308 g/mol. The van der Waals surface area contributed by atoms with E-state index in [4.69, 9.17) is 18.9 Å². The van der Waals surface area contributed by atoms with Gasteiger partial charge in [-0.15, -0.1) is 0 Å². The largest absolute Gasteiger partial charge is 0.378 e. The van der Waals surface area contributed by atoms with Crippen LogP contribution in [-0.4, -0.2) is 51.8 Å². The van der Waals surface area contributed by atoms with Gasteiger partial charge in [0.05, 0.1) is 33.0 Å². The van der Waals surface area contributed by atoms with E-state index < -0.39 is 0 Å². The second-order valence-electron chi connectivity index (χ2n) is 8.31. The van der Waals surface area contributed by atoms with Crippen LogP contribution in [0.3, 0.4) is 0 Å². The fourth-order valence-corrected chi connectivity index (χ4v) is 5.70. The third-order valence-electron chi connectivity index (χ3n) is 6.82. The Morgan fingerprint density at radius 3 is 2.09 bits per heavy atom. The molecule has 0 radical (unpaired) electrons. The number of ether oxygens (including phenoxy) is 4. The molecule has 0 aromatic rings. The van der Waals surface area contributed by atoms with Crippen LogP contribution in [0.5, 0.6) is 0 Å². The van der Waals surface area contributed by atoms with E-state index in [1.165, 1.54) is 25.7 Å². The van der Waals surface area contributed by atoms with Gasteiger partial charge in [-0.1, -0.05) is 0 Å². The molecule has 0 aromatic heterocycles. The van der Waals surface area contributed by atoms with Gasteiger partial charge in [0, 0.05) is 6.61 Å². The van der Waals surface area contributed by atoms with E-state index in [1.807, 2.05) is 0 Å². The molecule has 0 aromatic carbocycles. The minimum absolute atomic E-state index is 0.387. The lowest BCUT2D eigenvalue weighted by Crippen LogP contribution is -2.42. The lowest BCUT2D eigenvalue weighted by atomic mass is 9.61. The van der Waals surface area contributed by atoms with Crippen molar-refractivity contribution in [2.24, 2.45) is 35.5 Å². The quantitative estimate of drug-likeness (QED) is 0.644. The SMILES string of the molecule is C(OCC1CC2CC3CC2C(C3)C1COCC1CO1)C1CO1. The Morgan fingerprint density at radius 1 is 0.727 bits per heavy atom. The number of epoxide rings is 2. The molecule has 0 spiro atoms. The summed E-state index contributed by atoms with van der Waals surface area (Å²) in [5.41, 5.74) is 0. The van der Waals surface area contributed by atoms with Gasteiger partial charge in [0.2, 0.25) is 0 Å². The maximum Gasteiger partial charge on any atom is 0.104 e. The number of fused-ring (bicyclic) bond motifs is 1. The van der Waals surface area contributed by atoms with Crippen LogP contribution in [0.15, 0.2) is 0 Å². The van der Waals surface area contributed by atoms with Gasteiger partial charge in [-0.3, -0.25) is 0 Å². The minimum Gasteiger partial charge on any atom is -0.378 e. The van der Waals surface area contributed by atoms with Crippen molar-refractivity contribution in [2.75, 3.05) is 39.6 Å². The van der Waals surface area contributed by atoms with Gasteiger partial charge in [0.25, 0.3) is 0 Å². The standard InChI is InChI=1S/C18H28O4/c1-11-2-16-12(1)4-13(5-19-6-14-8-21-14)18(17(16)3-11)10-20-7-15-9-22-15/h11-18H,1-10H2. The summed E-state index contributed by atoms with van der Waals surface area (Å²) >= 11 is 0. The molecule has 8 unspecified atom stereocenters. The third kappa shape index (κ3) is 2.83. The van der Waals surface area contributed by atoms with Crippen molar-refractivity contribution < 1.29 is 18.9 Å². The van der Waals surface area contributed by atoms with Crippen molar-refractivity contribution in [1.82, 2.24) is 0 Å². The zero-order valence-electron chi connectivity index (χ0n) is 13.3. The van der Waals surface area contributed by atoms with Gasteiger partial charge < -0.3 is 18.9 Å². The molecule has 8 atom stereocenters. The molecule has 2 saturated heterocycles. The molecule has 2 heterocycles. The molecule has 22 heavy (non-hydrogen) atoms. The number of hydrogen-bond acceptors (Lipinski definition) is 4. The van der Waals surface area contributed by atoms with Crippen LogP contribution in [0.2, 0.25) is 0 Å².